The molecule has 12 aromatic carbocycles. The maximum Gasteiger partial charge on any atom is 0.337 e. The van der Waals surface area contributed by atoms with Gasteiger partial charge in [0.25, 0.3) is 17.7 Å². The monoisotopic (exact) mass is 2010 g/mol. The van der Waals surface area contributed by atoms with Crippen LogP contribution in [0, 0.1) is 6.92 Å². The molecule has 0 bridgehead atoms. The molecule has 0 radical (unpaired) electrons. The van der Waals surface area contributed by atoms with Gasteiger partial charge in [0.05, 0.1) is 27.8 Å². The molecule has 0 aliphatic carbocycles. The first-order valence-corrected chi connectivity index (χ1v) is 42.1. The van der Waals surface area contributed by atoms with Crippen molar-refractivity contribution in [2.45, 2.75) is 13.8 Å². The summed E-state index contributed by atoms with van der Waals surface area (Å²) in [6.07, 6.45) is 8.27. The molecule has 712 valence electrons. The van der Waals surface area contributed by atoms with Gasteiger partial charge in [0, 0.05) is 152 Å². The molecule has 12 N–H and O–H groups in total. The van der Waals surface area contributed by atoms with Gasteiger partial charge in [-0.25, -0.2) is 39.5 Å². The number of carbonyl (C=O) groups is 6. The Bertz CT molecular complexity index is 7430. The van der Waals surface area contributed by atoms with Crippen molar-refractivity contribution in [2.24, 2.45) is 61.4 Å². The number of aromatic hydroxyl groups is 6. The minimum Gasteiger partial charge on any atom is -0.505 e. The van der Waals surface area contributed by atoms with Crippen LogP contribution < -0.4 is 21.3 Å². The second-order valence-corrected chi connectivity index (χ2v) is 29.7. The zero-order chi connectivity index (χ0) is 96.8. The number of benzene rings is 12. The molecular weight excluding hydrogens is 1930 g/mol. The van der Waals surface area contributed by atoms with Gasteiger partial charge in [-0.15, -0.1) is 61.4 Å². The quantitative estimate of drug-likeness (QED) is 0.0161. The summed E-state index contributed by atoms with van der Waals surface area (Å²) in [4.78, 5) is 93.6. The zero-order valence-electron chi connectivity index (χ0n) is 74.0. The number of aromatic carboxylic acids is 2. The number of carboxylic acid groups (broad SMARTS) is 2. The van der Waals surface area contributed by atoms with Crippen LogP contribution in [-0.2, 0) is 54.3 Å². The fraction of sp³-hybridized carbons (Fsp3) is 0.0588. The van der Waals surface area contributed by atoms with Crippen LogP contribution in [0.2, 0.25) is 0 Å². The van der Waals surface area contributed by atoms with Gasteiger partial charge in [-0.1, -0.05) is 188 Å². The molecular formula is C102H80N22Ni3O14. The van der Waals surface area contributed by atoms with E-state index in [9.17, 15) is 59.4 Å². The number of phenolic OH excluding ortho intramolecular Hbond substituents is 6. The molecule has 0 saturated carbocycles. The van der Waals surface area contributed by atoms with Crippen molar-refractivity contribution in [3.63, 3.8) is 0 Å². The fourth-order valence-electron chi connectivity index (χ4n) is 13.1. The third-order valence-corrected chi connectivity index (χ3v) is 20.2. The second kappa shape index (κ2) is 50.4. The number of fused-ring (bicyclic) bond motifs is 6. The van der Waals surface area contributed by atoms with E-state index in [0.29, 0.717) is 102 Å². The smallest absolute Gasteiger partial charge is 0.337 e. The van der Waals surface area contributed by atoms with Gasteiger partial charge in [-0.3, -0.25) is 19.2 Å². The van der Waals surface area contributed by atoms with Gasteiger partial charge in [0.15, 0.2) is 69.4 Å². The Balaban J connectivity index is 0.000000175. The van der Waals surface area contributed by atoms with Crippen molar-refractivity contribution in [3.05, 3.63) is 362 Å². The van der Waals surface area contributed by atoms with Crippen LogP contribution in [-0.4, -0.2) is 133 Å². The van der Waals surface area contributed by atoms with Crippen molar-refractivity contribution in [3.8, 4) is 34.5 Å². The Labute approximate surface area is 831 Å². The van der Waals surface area contributed by atoms with Crippen molar-refractivity contribution < 1.29 is 119 Å². The molecule has 0 saturated heterocycles. The molecule has 0 aliphatic heterocycles. The minimum atomic E-state index is -1.05. The maximum atomic E-state index is 12.5. The summed E-state index contributed by atoms with van der Waals surface area (Å²) in [7, 11) is 0. The summed E-state index contributed by atoms with van der Waals surface area (Å²) in [5, 5.41) is 148. The van der Waals surface area contributed by atoms with E-state index >= 15 is 0 Å². The summed E-state index contributed by atoms with van der Waals surface area (Å²) in [6.45, 7) is 4.42. The third-order valence-electron chi connectivity index (χ3n) is 20.2. The number of pyridine rings is 6. The number of amides is 4. The number of nitrogens with one attached hydrogen (secondary N) is 4. The van der Waals surface area contributed by atoms with Crippen LogP contribution >= 0.6 is 0 Å². The Morgan fingerprint density at radius 3 is 0.610 bits per heavy atom. The van der Waals surface area contributed by atoms with E-state index in [-0.39, 0.29) is 155 Å². The number of hydrogen-bond donors (Lipinski definition) is 12. The number of carbonyl (C=O) groups excluding carboxylic acids is 4. The molecule has 141 heavy (non-hydrogen) atoms. The van der Waals surface area contributed by atoms with Crippen LogP contribution in [0.4, 0.5) is 69.0 Å². The number of nitrogens with zero attached hydrogens (tertiary/aromatic N) is 18. The molecule has 39 heteroatoms. The molecule has 18 aromatic rings. The molecule has 0 aliphatic rings. The van der Waals surface area contributed by atoms with E-state index in [2.05, 4.69) is 113 Å². The van der Waals surface area contributed by atoms with Crippen LogP contribution in [0.1, 0.15) is 64.3 Å². The van der Waals surface area contributed by atoms with Gasteiger partial charge in [0.1, 0.15) is 34.1 Å². The SMILES string of the molecule is CC(=O)NCCNC(=O)c1ccc(N=Nc2ccc3ccccc3c2O)nc1.Cc1ccc(N=Nc2ccc3ccccc3c2O)nc1.O=C(NCCNC(=O)c1ccc(N=Nc2ccc3ccccc3c2O)nc1)c1ccc(N=Nc2ccc3ccccc3c2O)nc1.O=C(O)c1ccc(N=Nc2ccc3ccccc3c2O)nc1.O=C(O)c1ccc(N=Nc2ccc3ccccc3c2O)nc1.[Ni].[Ni].[Ni]. The summed E-state index contributed by atoms with van der Waals surface area (Å²) in [6, 6.07) is 84.6. The van der Waals surface area contributed by atoms with Crippen molar-refractivity contribution in [2.75, 3.05) is 26.2 Å². The van der Waals surface area contributed by atoms with E-state index in [1.807, 2.05) is 165 Å². The average Bonchev–Trinajstić information content (AvgIpc) is 0.830. The number of hydrogen-bond acceptors (Lipinski definition) is 30. The van der Waals surface area contributed by atoms with E-state index in [1.54, 1.807) is 115 Å². The van der Waals surface area contributed by atoms with Crippen molar-refractivity contribution in [1.82, 2.24) is 51.2 Å². The van der Waals surface area contributed by atoms with E-state index in [4.69, 9.17) is 10.2 Å². The normalized spacial score (nSPS) is 10.9. The predicted molar refractivity (Wildman–Crippen MR) is 518 cm³/mol. The zero-order valence-corrected chi connectivity index (χ0v) is 77.0. The van der Waals surface area contributed by atoms with E-state index < -0.39 is 11.9 Å². The van der Waals surface area contributed by atoms with Crippen molar-refractivity contribution >= 4 is 169 Å². The molecule has 0 atom stereocenters. The first-order chi connectivity index (χ1) is 67.0. The fourth-order valence-corrected chi connectivity index (χ4v) is 13.1. The third kappa shape index (κ3) is 28.0. The molecule has 4 amide bonds. The van der Waals surface area contributed by atoms with Crippen LogP contribution in [0.25, 0.3) is 64.6 Å². The molecule has 6 aromatic heterocycles. The summed E-state index contributed by atoms with van der Waals surface area (Å²) >= 11 is 0. The van der Waals surface area contributed by atoms with E-state index in [1.165, 1.54) is 62.2 Å². The largest absolute Gasteiger partial charge is 0.505 e. The minimum absolute atomic E-state index is 0. The molecule has 36 nitrogen and oxygen atoms in total. The van der Waals surface area contributed by atoms with Crippen molar-refractivity contribution in [1.29, 1.82) is 0 Å². The van der Waals surface area contributed by atoms with Gasteiger partial charge in [-0.05, 0) is 148 Å². The van der Waals surface area contributed by atoms with Gasteiger partial charge in [-0.2, -0.15) is 0 Å². The summed E-state index contributed by atoms with van der Waals surface area (Å²) in [5.41, 5.74) is 4.24. The van der Waals surface area contributed by atoms with Gasteiger partial charge >= 0.3 is 11.9 Å². The van der Waals surface area contributed by atoms with Crippen LogP contribution in [0.3, 0.4) is 0 Å². The standard InChI is InChI=1S/C34H26N8O4.C20H19N5O3.2C16H11N3O3.C16H13N3O.3Ni/c43-31-25-7-3-1-5-21(25)9-13-27(31)39-41-29-15-11-23(19-37-29)33(45)35-17-18-36-34(46)24-12-16-30(38-20-24)42-40-28-14-10-22-6-2-4-8-26(22)32(28)44;1-13(26)21-10-11-22-20(28)15-7-9-18(23-12-15)25-24-17-8-6-14-4-2-3-5-16(14)19(17)27;2*20-15-12-4-2-1-3-10(12)5-7-13(15)18-19-14-8-6-11(9-17-14)16(21)22;1-11-6-9-15(17-10-11)19-18-14-8-7-12-4-2-3-5-13(12)16(14)20;;;/h1-16,19-20,43-44H,17-18H2,(H,35,45)(H,36,46);2-9,12,27H,10-11H2,1H3,(H,21,26)(H,22,28);2*1-9,20H,(H,21,22);2-10,20H,1H3;;;. The number of azo groups is 6. The molecule has 0 spiro atoms. The first-order valence-electron chi connectivity index (χ1n) is 42.1. The van der Waals surface area contributed by atoms with Gasteiger partial charge in [0.2, 0.25) is 5.91 Å². The number of carboxylic acids is 2. The summed E-state index contributed by atoms with van der Waals surface area (Å²) in [5.74, 6) is -1.07. The number of aryl methyl sites for hydroxylation is 1. The van der Waals surface area contributed by atoms with Crippen LogP contribution in [0.15, 0.2) is 390 Å². The van der Waals surface area contributed by atoms with Gasteiger partial charge < -0.3 is 62.1 Å². The molecule has 0 unspecified atom stereocenters. The number of aromatic nitrogens is 6. The Hall–Kier alpha value is -18.2. The summed E-state index contributed by atoms with van der Waals surface area (Å²) < 4.78 is 0. The number of phenols is 6. The molecule has 0 fully saturated rings. The number of rotatable bonds is 23. The second-order valence-electron chi connectivity index (χ2n) is 29.7. The maximum absolute atomic E-state index is 12.5. The molecule has 6 heterocycles. The topological polar surface area (TPSA) is 538 Å². The Kier molecular flexibility index (Phi) is 36.9. The van der Waals surface area contributed by atoms with Crippen LogP contribution in [0.5, 0.6) is 34.5 Å². The Morgan fingerprint density at radius 1 is 0.234 bits per heavy atom. The Morgan fingerprint density at radius 2 is 0.426 bits per heavy atom. The van der Waals surface area contributed by atoms with E-state index in [0.717, 1.165) is 43.3 Å². The molecule has 18 rings (SSSR count). The average molecular weight is 2010 g/mol. The predicted octanol–water partition coefficient (Wildman–Crippen LogP) is 23.2. The first kappa shape index (κ1) is 103.